The van der Waals surface area contributed by atoms with Crippen molar-refractivity contribution < 1.29 is 58.6 Å². The Hall–Kier alpha value is -1.08. The van der Waals surface area contributed by atoms with Crippen LogP contribution in [0.1, 0.15) is 92.9 Å². The predicted octanol–water partition coefficient (Wildman–Crippen LogP) is 4.94. The molecule has 0 heterocycles. The summed E-state index contributed by atoms with van der Waals surface area (Å²) in [6.07, 6.45) is -0.645. The Labute approximate surface area is 328 Å². The average Bonchev–Trinajstić information content (AvgIpc) is 3.06. The number of aliphatic hydroxyl groups is 4. The van der Waals surface area contributed by atoms with Gasteiger partial charge in [-0.25, -0.2) is 4.79 Å². The number of carbonyl (C=O) groups is 4. The zero-order chi connectivity index (χ0) is 39.3. The Kier molecular flexibility index (Phi) is 31.5. The van der Waals surface area contributed by atoms with E-state index in [4.69, 9.17) is 18.9 Å². The van der Waals surface area contributed by atoms with E-state index in [0.29, 0.717) is 42.4 Å². The lowest BCUT2D eigenvalue weighted by molar-refractivity contribution is -0.148. The summed E-state index contributed by atoms with van der Waals surface area (Å²) in [4.78, 5) is 50.3. The van der Waals surface area contributed by atoms with E-state index in [1.165, 1.54) is 16.7 Å². The summed E-state index contributed by atoms with van der Waals surface area (Å²) >= 11 is 6.25. The highest BCUT2D eigenvalue weighted by atomic mass is 32.2. The standard InChI is InChI=1S/C35H65NO12S4/c1-25(2)19-33(42)46-21-29(38)12-17-50-24-49-16-11-28(37)20-45-31(40)9-7-14-36(35(44)48-22-30(39)13-18-51-26(3)4)15-8-10-32(41)47-23-34(43)52-27(5)6/h25-30,34,37-39,43H,7-24H2,1-6H3. The van der Waals surface area contributed by atoms with Gasteiger partial charge in [-0.1, -0.05) is 41.5 Å². The summed E-state index contributed by atoms with van der Waals surface area (Å²) in [7, 11) is 0. The molecule has 0 rings (SSSR count). The molecule has 0 bridgehead atoms. The Balaban J connectivity index is 4.45. The van der Waals surface area contributed by atoms with Crippen LogP contribution in [0.4, 0.5) is 4.79 Å². The van der Waals surface area contributed by atoms with Gasteiger partial charge in [0.15, 0.2) is 0 Å². The predicted molar refractivity (Wildman–Crippen MR) is 212 cm³/mol. The first-order valence-corrected chi connectivity index (χ1v) is 22.4. The van der Waals surface area contributed by atoms with Gasteiger partial charge in [0.2, 0.25) is 0 Å². The maximum absolute atomic E-state index is 12.9. The molecule has 4 atom stereocenters. The maximum Gasteiger partial charge on any atom is 0.409 e. The highest BCUT2D eigenvalue weighted by molar-refractivity contribution is 8.15. The van der Waals surface area contributed by atoms with Crippen molar-refractivity contribution in [2.24, 2.45) is 5.92 Å². The van der Waals surface area contributed by atoms with Gasteiger partial charge in [-0.15, -0.1) is 11.8 Å². The monoisotopic (exact) mass is 819 g/mol. The molecule has 0 aliphatic heterocycles. The van der Waals surface area contributed by atoms with E-state index in [9.17, 15) is 39.6 Å². The number of carbonyl (C=O) groups excluding carboxylic acids is 4. The number of aliphatic hydroxyl groups excluding tert-OH is 4. The van der Waals surface area contributed by atoms with Crippen molar-refractivity contribution in [1.82, 2.24) is 4.90 Å². The molecule has 4 N–H and O–H groups in total. The van der Waals surface area contributed by atoms with Gasteiger partial charge in [0, 0.05) is 42.7 Å². The third-order valence-corrected chi connectivity index (χ3v) is 11.3. The highest BCUT2D eigenvalue weighted by Gasteiger charge is 2.19. The van der Waals surface area contributed by atoms with Crippen LogP contribution < -0.4 is 0 Å². The fourth-order valence-electron chi connectivity index (χ4n) is 4.12. The minimum Gasteiger partial charge on any atom is -0.463 e. The van der Waals surface area contributed by atoms with Crippen molar-refractivity contribution in [2.45, 2.75) is 127 Å². The SMILES string of the molecule is CC(C)CC(=O)OCC(O)CCSCSCCC(O)COC(=O)CCCN(CCCC(=O)OCC(O)SC(C)C)C(=O)OCC(O)CCSC(C)C. The molecule has 0 fully saturated rings. The quantitative estimate of drug-likeness (QED) is 0.0309. The van der Waals surface area contributed by atoms with E-state index in [-0.39, 0.29) is 82.3 Å². The lowest BCUT2D eigenvalue weighted by atomic mass is 10.1. The second-order valence-corrected chi connectivity index (χ2v) is 19.3. The van der Waals surface area contributed by atoms with Crippen LogP contribution >= 0.6 is 47.0 Å². The van der Waals surface area contributed by atoms with Crippen LogP contribution in [0.3, 0.4) is 0 Å². The van der Waals surface area contributed by atoms with E-state index < -0.39 is 41.8 Å². The fourth-order valence-corrected chi connectivity index (χ4v) is 8.07. The molecule has 1 amide bonds. The van der Waals surface area contributed by atoms with Crippen molar-refractivity contribution >= 4 is 71.0 Å². The summed E-state index contributed by atoms with van der Waals surface area (Å²) in [6.45, 7) is 11.7. The lowest BCUT2D eigenvalue weighted by Crippen LogP contribution is -2.36. The van der Waals surface area contributed by atoms with Gasteiger partial charge in [-0.3, -0.25) is 14.4 Å². The van der Waals surface area contributed by atoms with E-state index >= 15 is 0 Å². The molecular weight excluding hydrogens is 755 g/mol. The van der Waals surface area contributed by atoms with Crippen LogP contribution in [0.25, 0.3) is 0 Å². The molecule has 17 heteroatoms. The first-order chi connectivity index (χ1) is 24.6. The highest BCUT2D eigenvalue weighted by Crippen LogP contribution is 2.17. The molecule has 0 radical (unpaired) electrons. The number of rotatable bonds is 32. The molecule has 4 unspecified atom stereocenters. The first-order valence-electron chi connectivity index (χ1n) is 18.1. The lowest BCUT2D eigenvalue weighted by Gasteiger charge is -2.23. The number of thioether (sulfide) groups is 4. The summed E-state index contributed by atoms with van der Waals surface area (Å²) < 4.78 is 20.8. The molecule has 0 aromatic heterocycles. The van der Waals surface area contributed by atoms with Gasteiger partial charge in [-0.05, 0) is 60.5 Å². The molecular formula is C35H65NO12S4. The molecule has 0 aromatic rings. The normalized spacial score (nSPS) is 13.9. The van der Waals surface area contributed by atoms with E-state index in [1.807, 2.05) is 27.7 Å². The smallest absolute Gasteiger partial charge is 0.409 e. The maximum atomic E-state index is 12.9. The van der Waals surface area contributed by atoms with Crippen molar-refractivity contribution in [1.29, 1.82) is 0 Å². The summed E-state index contributed by atoms with van der Waals surface area (Å²) in [6, 6.07) is 0. The number of hydrogen-bond donors (Lipinski definition) is 4. The fraction of sp³-hybridized carbons (Fsp3) is 0.886. The molecule has 0 saturated heterocycles. The van der Waals surface area contributed by atoms with Crippen molar-refractivity contribution in [3.63, 3.8) is 0 Å². The molecule has 0 aromatic carbocycles. The number of hydrogen-bond acceptors (Lipinski definition) is 16. The Bertz CT molecular complexity index is 963. The van der Waals surface area contributed by atoms with Gasteiger partial charge in [0.05, 0.1) is 18.3 Å². The molecule has 0 aliphatic rings. The Morgan fingerprint density at radius 3 is 1.54 bits per heavy atom. The molecule has 0 aliphatic carbocycles. The van der Waals surface area contributed by atoms with Crippen molar-refractivity contribution in [2.75, 3.05) is 61.9 Å². The number of nitrogens with zero attached hydrogens (tertiary/aromatic N) is 1. The molecule has 0 saturated carbocycles. The largest absolute Gasteiger partial charge is 0.463 e. The van der Waals surface area contributed by atoms with Crippen LogP contribution in [0.15, 0.2) is 0 Å². The van der Waals surface area contributed by atoms with Gasteiger partial charge < -0.3 is 44.3 Å². The van der Waals surface area contributed by atoms with E-state index in [2.05, 4.69) is 13.8 Å². The Morgan fingerprint density at radius 2 is 1.06 bits per heavy atom. The van der Waals surface area contributed by atoms with Gasteiger partial charge in [-0.2, -0.15) is 35.3 Å². The van der Waals surface area contributed by atoms with Crippen LogP contribution in [0.2, 0.25) is 0 Å². The topological polar surface area (TPSA) is 189 Å². The summed E-state index contributed by atoms with van der Waals surface area (Å²) in [5.74, 6) is 1.00. The van der Waals surface area contributed by atoms with Crippen LogP contribution in [-0.4, -0.2) is 145 Å². The molecule has 306 valence electrons. The second kappa shape index (κ2) is 32.2. The first kappa shape index (κ1) is 50.9. The van der Waals surface area contributed by atoms with Gasteiger partial charge >= 0.3 is 24.0 Å². The number of amides is 1. The number of ether oxygens (including phenoxy) is 4. The van der Waals surface area contributed by atoms with Gasteiger partial charge in [0.1, 0.15) is 31.9 Å². The third kappa shape index (κ3) is 32.4. The molecule has 13 nitrogen and oxygen atoms in total. The second-order valence-electron chi connectivity index (χ2n) is 13.2. The van der Waals surface area contributed by atoms with Crippen LogP contribution in [0, 0.1) is 5.92 Å². The molecule has 0 spiro atoms. The van der Waals surface area contributed by atoms with Gasteiger partial charge in [0.25, 0.3) is 0 Å². The van der Waals surface area contributed by atoms with E-state index in [1.54, 1.807) is 35.3 Å². The summed E-state index contributed by atoms with van der Waals surface area (Å²) in [5, 5.41) is 41.7. The zero-order valence-corrected chi connectivity index (χ0v) is 35.2. The Morgan fingerprint density at radius 1 is 0.596 bits per heavy atom. The van der Waals surface area contributed by atoms with Crippen LogP contribution in [-0.2, 0) is 33.3 Å². The molecule has 52 heavy (non-hydrogen) atoms. The number of esters is 3. The van der Waals surface area contributed by atoms with Crippen molar-refractivity contribution in [3.05, 3.63) is 0 Å². The van der Waals surface area contributed by atoms with E-state index in [0.717, 1.165) is 10.8 Å². The van der Waals surface area contributed by atoms with Crippen LogP contribution in [0.5, 0.6) is 0 Å². The zero-order valence-electron chi connectivity index (χ0n) is 31.9. The minimum atomic E-state index is -0.817. The average molecular weight is 820 g/mol. The minimum absolute atomic E-state index is 0.00152. The summed E-state index contributed by atoms with van der Waals surface area (Å²) in [5.41, 5.74) is -0.817. The van der Waals surface area contributed by atoms with Crippen molar-refractivity contribution in [3.8, 4) is 0 Å². The third-order valence-electron chi connectivity index (χ3n) is 6.80.